The van der Waals surface area contributed by atoms with Crippen LogP contribution in [0.25, 0.3) is 27.9 Å². The van der Waals surface area contributed by atoms with Crippen molar-refractivity contribution < 1.29 is 9.47 Å². The minimum atomic E-state index is 0.461. The van der Waals surface area contributed by atoms with Crippen LogP contribution in [0.4, 0.5) is 5.95 Å². The lowest BCUT2D eigenvalue weighted by atomic mass is 10.2. The van der Waals surface area contributed by atoms with Crippen LogP contribution >= 0.6 is 0 Å². The molecule has 0 spiro atoms. The van der Waals surface area contributed by atoms with Crippen LogP contribution in [-0.2, 0) is 0 Å². The molecule has 0 atom stereocenters. The van der Waals surface area contributed by atoms with Crippen molar-refractivity contribution in [2.75, 3.05) is 19.5 Å². The third-order valence-corrected chi connectivity index (χ3v) is 4.80. The largest absolute Gasteiger partial charge is 0.493 e. The van der Waals surface area contributed by atoms with Gasteiger partial charge < -0.3 is 14.8 Å². The molecule has 1 N–H and O–H groups in total. The van der Waals surface area contributed by atoms with Gasteiger partial charge in [0.15, 0.2) is 23.0 Å². The van der Waals surface area contributed by atoms with Crippen molar-refractivity contribution >= 4 is 22.5 Å². The molecule has 4 aromatic rings. The summed E-state index contributed by atoms with van der Waals surface area (Å²) in [6, 6.07) is 14.2. The lowest BCUT2D eigenvalue weighted by molar-refractivity contribution is 0.355. The summed E-state index contributed by atoms with van der Waals surface area (Å²) < 4.78 is 12.8. The topological polar surface area (TPSA) is 73.6 Å². The van der Waals surface area contributed by atoms with Gasteiger partial charge in [0.2, 0.25) is 5.95 Å². The number of hydrogen-bond acceptors (Lipinski definition) is 6. The maximum absolute atomic E-state index is 5.45. The highest BCUT2D eigenvalue weighted by Crippen LogP contribution is 2.34. The van der Waals surface area contributed by atoms with Crippen LogP contribution in [0.15, 0.2) is 42.5 Å². The number of methoxy groups -OCH3 is 2. The highest BCUT2D eigenvalue weighted by molar-refractivity contribution is 5.93. The van der Waals surface area contributed by atoms with Gasteiger partial charge in [0.05, 0.1) is 19.7 Å². The highest BCUT2D eigenvalue weighted by Gasteiger charge is 2.25. The predicted octanol–water partition coefficient (Wildman–Crippen LogP) is 3.54. The molecule has 1 aliphatic carbocycles. The number of benzene rings is 2. The first-order valence-corrected chi connectivity index (χ1v) is 8.91. The van der Waals surface area contributed by atoms with E-state index in [-0.39, 0.29) is 0 Å². The maximum atomic E-state index is 5.45. The van der Waals surface area contributed by atoms with Crippen LogP contribution in [-0.4, -0.2) is 39.8 Å². The standard InChI is InChI=1S/C20H19N5O2/c1-26-16-10-7-12(11-17(16)27-2)18-23-24-19-14-5-3-4-6-15(14)22-20(25(18)19)21-13-8-9-13/h3-7,10-11,13H,8-9H2,1-2H3,(H,21,22). The van der Waals surface area contributed by atoms with E-state index in [4.69, 9.17) is 14.5 Å². The quantitative estimate of drug-likeness (QED) is 0.586. The number of nitrogens with zero attached hydrogens (tertiary/aromatic N) is 4. The first-order chi connectivity index (χ1) is 13.3. The Morgan fingerprint density at radius 3 is 2.59 bits per heavy atom. The van der Waals surface area contributed by atoms with E-state index >= 15 is 0 Å². The van der Waals surface area contributed by atoms with Gasteiger partial charge in [-0.25, -0.2) is 9.38 Å². The Kier molecular flexibility index (Phi) is 3.60. The molecular weight excluding hydrogens is 342 g/mol. The first-order valence-electron chi connectivity index (χ1n) is 8.91. The molecule has 0 radical (unpaired) electrons. The van der Waals surface area contributed by atoms with E-state index < -0.39 is 0 Å². The van der Waals surface area contributed by atoms with Crippen molar-refractivity contribution in [2.45, 2.75) is 18.9 Å². The third-order valence-electron chi connectivity index (χ3n) is 4.80. The van der Waals surface area contributed by atoms with Gasteiger partial charge in [0.1, 0.15) is 0 Å². The van der Waals surface area contributed by atoms with Gasteiger partial charge in [-0.3, -0.25) is 0 Å². The number of fused-ring (bicyclic) bond motifs is 3. The fourth-order valence-corrected chi connectivity index (χ4v) is 3.25. The zero-order valence-electron chi connectivity index (χ0n) is 15.1. The van der Waals surface area contributed by atoms with Crippen LogP contribution < -0.4 is 14.8 Å². The number of nitrogens with one attached hydrogen (secondary N) is 1. The van der Waals surface area contributed by atoms with Crippen molar-refractivity contribution in [3.63, 3.8) is 0 Å². The van der Waals surface area contributed by atoms with Gasteiger partial charge in [-0.1, -0.05) is 12.1 Å². The van der Waals surface area contributed by atoms with Crippen LogP contribution in [0.2, 0.25) is 0 Å². The second kappa shape index (κ2) is 6.12. The lowest BCUT2D eigenvalue weighted by Gasteiger charge is -2.12. The molecule has 7 heteroatoms. The van der Waals surface area contributed by atoms with Gasteiger partial charge in [0.25, 0.3) is 0 Å². The second-order valence-electron chi connectivity index (χ2n) is 6.62. The summed E-state index contributed by atoms with van der Waals surface area (Å²) in [6.07, 6.45) is 2.31. The monoisotopic (exact) mass is 361 g/mol. The maximum Gasteiger partial charge on any atom is 0.211 e. The number of hydrogen-bond donors (Lipinski definition) is 1. The van der Waals surface area contributed by atoms with Crippen molar-refractivity contribution in [1.29, 1.82) is 0 Å². The molecule has 27 heavy (non-hydrogen) atoms. The van der Waals surface area contributed by atoms with E-state index in [2.05, 4.69) is 15.5 Å². The molecule has 1 aliphatic rings. The number of ether oxygens (including phenoxy) is 2. The highest BCUT2D eigenvalue weighted by atomic mass is 16.5. The van der Waals surface area contributed by atoms with Gasteiger partial charge in [-0.05, 0) is 43.2 Å². The minimum absolute atomic E-state index is 0.461. The molecule has 0 aliphatic heterocycles. The molecule has 2 aromatic heterocycles. The van der Waals surface area contributed by atoms with E-state index in [1.807, 2.05) is 46.9 Å². The summed E-state index contributed by atoms with van der Waals surface area (Å²) in [4.78, 5) is 4.83. The Morgan fingerprint density at radius 1 is 1.00 bits per heavy atom. The molecule has 136 valence electrons. The zero-order chi connectivity index (χ0) is 18.4. The van der Waals surface area contributed by atoms with E-state index in [0.29, 0.717) is 23.4 Å². The summed E-state index contributed by atoms with van der Waals surface area (Å²) >= 11 is 0. The Morgan fingerprint density at radius 2 is 1.81 bits per heavy atom. The van der Waals surface area contributed by atoms with E-state index in [9.17, 15) is 0 Å². The fourth-order valence-electron chi connectivity index (χ4n) is 3.25. The second-order valence-corrected chi connectivity index (χ2v) is 6.62. The Balaban J connectivity index is 1.76. The molecular formula is C20H19N5O2. The van der Waals surface area contributed by atoms with E-state index in [1.54, 1.807) is 14.2 Å². The van der Waals surface area contributed by atoms with Gasteiger partial charge in [-0.15, -0.1) is 10.2 Å². The smallest absolute Gasteiger partial charge is 0.211 e. The summed E-state index contributed by atoms with van der Waals surface area (Å²) in [5, 5.41) is 13.4. The number of para-hydroxylation sites is 1. The molecule has 2 heterocycles. The summed E-state index contributed by atoms with van der Waals surface area (Å²) in [5.74, 6) is 2.81. The molecule has 1 saturated carbocycles. The molecule has 7 nitrogen and oxygen atoms in total. The fraction of sp³-hybridized carbons (Fsp3) is 0.250. The number of aromatic nitrogens is 4. The van der Waals surface area contributed by atoms with Crippen molar-refractivity contribution in [2.24, 2.45) is 0 Å². The Bertz CT molecular complexity index is 1150. The molecule has 0 amide bonds. The third kappa shape index (κ3) is 2.63. The predicted molar refractivity (Wildman–Crippen MR) is 103 cm³/mol. The average molecular weight is 361 g/mol. The summed E-state index contributed by atoms with van der Waals surface area (Å²) in [6.45, 7) is 0. The molecule has 0 bridgehead atoms. The number of rotatable bonds is 5. The Labute approximate surface area is 156 Å². The van der Waals surface area contributed by atoms with Crippen molar-refractivity contribution in [3.8, 4) is 22.9 Å². The molecule has 5 rings (SSSR count). The van der Waals surface area contributed by atoms with Gasteiger partial charge in [-0.2, -0.15) is 0 Å². The molecule has 1 fully saturated rings. The molecule has 0 saturated heterocycles. The average Bonchev–Trinajstić information content (AvgIpc) is 3.41. The van der Waals surface area contributed by atoms with E-state index in [0.717, 1.165) is 40.9 Å². The molecule has 0 unspecified atom stereocenters. The first kappa shape index (κ1) is 15.9. The molecule has 2 aromatic carbocycles. The van der Waals surface area contributed by atoms with Gasteiger partial charge >= 0.3 is 0 Å². The summed E-state index contributed by atoms with van der Waals surface area (Å²) in [5.41, 5.74) is 2.57. The van der Waals surface area contributed by atoms with Crippen molar-refractivity contribution in [3.05, 3.63) is 42.5 Å². The lowest BCUT2D eigenvalue weighted by Crippen LogP contribution is -2.09. The van der Waals surface area contributed by atoms with Crippen LogP contribution in [0, 0.1) is 0 Å². The zero-order valence-corrected chi connectivity index (χ0v) is 15.1. The van der Waals surface area contributed by atoms with Gasteiger partial charge in [0, 0.05) is 17.0 Å². The Hall–Kier alpha value is -3.35. The minimum Gasteiger partial charge on any atom is -0.493 e. The van der Waals surface area contributed by atoms with Crippen LogP contribution in [0.1, 0.15) is 12.8 Å². The van der Waals surface area contributed by atoms with E-state index in [1.165, 1.54) is 0 Å². The van der Waals surface area contributed by atoms with Crippen LogP contribution in [0.3, 0.4) is 0 Å². The number of anilines is 1. The normalized spacial score (nSPS) is 13.9. The van der Waals surface area contributed by atoms with Crippen molar-refractivity contribution in [1.82, 2.24) is 19.6 Å². The van der Waals surface area contributed by atoms with Crippen LogP contribution in [0.5, 0.6) is 11.5 Å². The summed E-state index contributed by atoms with van der Waals surface area (Å²) in [7, 11) is 3.25. The SMILES string of the molecule is COc1ccc(-c2nnc3c4ccccc4nc(NC4CC4)n23)cc1OC.